The Labute approximate surface area is 120 Å². The topological polar surface area (TPSA) is 59.4 Å². The summed E-state index contributed by atoms with van der Waals surface area (Å²) in [5, 5.41) is 7.14. The highest BCUT2D eigenvalue weighted by molar-refractivity contribution is 5.91. The lowest BCUT2D eigenvalue weighted by Gasteiger charge is -2.34. The van der Waals surface area contributed by atoms with E-state index in [1.807, 2.05) is 38.4 Å². The standard InChI is InChI=1S/C14H24N4O2/c1-10(2)18-13(5-6-15-18)16-14(19)9-17-7-11(3)20-12(4)8-17/h5-6,10-12H,7-9H2,1-4H3,(H,16,19)/t11-,12+. The van der Waals surface area contributed by atoms with Crippen LogP contribution in [0.3, 0.4) is 0 Å². The van der Waals surface area contributed by atoms with Gasteiger partial charge in [0.15, 0.2) is 0 Å². The van der Waals surface area contributed by atoms with E-state index < -0.39 is 0 Å². The molecule has 6 heteroatoms. The van der Waals surface area contributed by atoms with Crippen molar-refractivity contribution < 1.29 is 9.53 Å². The van der Waals surface area contributed by atoms with Crippen molar-refractivity contribution in [3.63, 3.8) is 0 Å². The number of nitrogens with one attached hydrogen (secondary N) is 1. The van der Waals surface area contributed by atoms with Crippen LogP contribution in [0, 0.1) is 0 Å². The molecule has 20 heavy (non-hydrogen) atoms. The molecule has 1 amide bonds. The largest absolute Gasteiger partial charge is 0.373 e. The lowest BCUT2D eigenvalue weighted by atomic mass is 10.2. The summed E-state index contributed by atoms with van der Waals surface area (Å²) in [5.41, 5.74) is 0. The maximum Gasteiger partial charge on any atom is 0.239 e. The quantitative estimate of drug-likeness (QED) is 0.908. The van der Waals surface area contributed by atoms with Gasteiger partial charge in [-0.25, -0.2) is 4.68 Å². The monoisotopic (exact) mass is 280 g/mol. The Kier molecular flexibility index (Phi) is 4.77. The van der Waals surface area contributed by atoms with Crippen LogP contribution in [0.25, 0.3) is 0 Å². The Morgan fingerprint density at radius 3 is 2.70 bits per heavy atom. The smallest absolute Gasteiger partial charge is 0.239 e. The van der Waals surface area contributed by atoms with Crippen molar-refractivity contribution in [1.82, 2.24) is 14.7 Å². The van der Waals surface area contributed by atoms with Crippen molar-refractivity contribution in [2.24, 2.45) is 0 Å². The summed E-state index contributed by atoms with van der Waals surface area (Å²) in [5.74, 6) is 0.744. The van der Waals surface area contributed by atoms with Crippen molar-refractivity contribution in [1.29, 1.82) is 0 Å². The maximum atomic E-state index is 12.1. The first-order chi connectivity index (χ1) is 9.45. The van der Waals surface area contributed by atoms with Gasteiger partial charge in [0.25, 0.3) is 0 Å². The molecule has 1 saturated heterocycles. The van der Waals surface area contributed by atoms with Crippen LogP contribution in [0.5, 0.6) is 0 Å². The number of hydrogen-bond acceptors (Lipinski definition) is 4. The average molecular weight is 280 g/mol. The second kappa shape index (κ2) is 6.37. The molecule has 1 N–H and O–H groups in total. The Bertz CT molecular complexity index is 448. The lowest BCUT2D eigenvalue weighted by molar-refractivity contribution is -0.121. The summed E-state index contributed by atoms with van der Waals surface area (Å²) < 4.78 is 7.47. The van der Waals surface area contributed by atoms with Crippen molar-refractivity contribution in [3.8, 4) is 0 Å². The van der Waals surface area contributed by atoms with Gasteiger partial charge in [0, 0.05) is 25.2 Å². The lowest BCUT2D eigenvalue weighted by Crippen LogP contribution is -2.48. The van der Waals surface area contributed by atoms with Gasteiger partial charge in [-0.1, -0.05) is 0 Å². The van der Waals surface area contributed by atoms with Crippen LogP contribution in [0.2, 0.25) is 0 Å². The normalized spacial score (nSPS) is 24.1. The van der Waals surface area contributed by atoms with Crippen LogP contribution in [-0.2, 0) is 9.53 Å². The average Bonchev–Trinajstić information content (AvgIpc) is 2.75. The van der Waals surface area contributed by atoms with Gasteiger partial charge in [-0.15, -0.1) is 0 Å². The van der Waals surface area contributed by atoms with Crippen LogP contribution < -0.4 is 5.32 Å². The van der Waals surface area contributed by atoms with E-state index in [0.717, 1.165) is 18.9 Å². The van der Waals surface area contributed by atoms with E-state index in [1.165, 1.54) is 0 Å². The predicted molar refractivity (Wildman–Crippen MR) is 77.7 cm³/mol. The third-order valence-corrected chi connectivity index (χ3v) is 3.29. The van der Waals surface area contributed by atoms with Crippen molar-refractivity contribution in [2.45, 2.75) is 45.9 Å². The summed E-state index contributed by atoms with van der Waals surface area (Å²) in [6.07, 6.45) is 2.05. The molecule has 2 atom stereocenters. The van der Waals surface area contributed by atoms with E-state index >= 15 is 0 Å². The SMILES string of the molecule is CC(C)n1nccc1NC(=O)CN1C[C@@H](C)O[C@@H](C)C1. The number of carbonyl (C=O) groups is 1. The molecule has 0 spiro atoms. The molecule has 0 saturated carbocycles. The summed E-state index contributed by atoms with van der Waals surface area (Å²) in [6, 6.07) is 2.05. The zero-order valence-electron chi connectivity index (χ0n) is 12.7. The molecule has 1 aromatic heterocycles. The second-order valence-corrected chi connectivity index (χ2v) is 5.75. The Morgan fingerprint density at radius 1 is 1.45 bits per heavy atom. The van der Waals surface area contributed by atoms with Gasteiger partial charge in [-0.05, 0) is 27.7 Å². The molecule has 0 radical (unpaired) electrons. The Hall–Kier alpha value is -1.40. The number of amides is 1. The molecular weight excluding hydrogens is 256 g/mol. The number of aromatic nitrogens is 2. The van der Waals surface area contributed by atoms with Crippen LogP contribution in [-0.4, -0.2) is 52.4 Å². The third kappa shape index (κ3) is 3.80. The fourth-order valence-electron chi connectivity index (χ4n) is 2.62. The van der Waals surface area contributed by atoms with E-state index in [-0.39, 0.29) is 24.2 Å². The van der Waals surface area contributed by atoms with Gasteiger partial charge in [0.2, 0.25) is 5.91 Å². The maximum absolute atomic E-state index is 12.1. The van der Waals surface area contributed by atoms with Gasteiger partial charge in [0.05, 0.1) is 24.9 Å². The van der Waals surface area contributed by atoms with E-state index in [0.29, 0.717) is 6.54 Å². The highest BCUT2D eigenvalue weighted by atomic mass is 16.5. The van der Waals surface area contributed by atoms with Crippen molar-refractivity contribution in [2.75, 3.05) is 25.0 Å². The first kappa shape index (κ1) is 15.0. The number of anilines is 1. The zero-order chi connectivity index (χ0) is 14.7. The molecule has 1 fully saturated rings. The second-order valence-electron chi connectivity index (χ2n) is 5.75. The fourth-order valence-corrected chi connectivity index (χ4v) is 2.62. The van der Waals surface area contributed by atoms with Crippen LogP contribution in [0.4, 0.5) is 5.82 Å². The highest BCUT2D eigenvalue weighted by Crippen LogP contribution is 2.14. The number of carbonyl (C=O) groups excluding carboxylic acids is 1. The zero-order valence-corrected chi connectivity index (χ0v) is 12.7. The van der Waals surface area contributed by atoms with Gasteiger partial charge < -0.3 is 10.1 Å². The molecule has 1 aliphatic rings. The van der Waals surface area contributed by atoms with Gasteiger partial charge in [-0.3, -0.25) is 9.69 Å². The van der Waals surface area contributed by atoms with Gasteiger partial charge >= 0.3 is 0 Å². The number of ether oxygens (including phenoxy) is 1. The van der Waals surface area contributed by atoms with Crippen LogP contribution in [0.15, 0.2) is 12.3 Å². The molecule has 1 aliphatic heterocycles. The molecule has 2 rings (SSSR count). The number of morpholine rings is 1. The first-order valence-electron chi connectivity index (χ1n) is 7.17. The number of nitrogens with zero attached hydrogens (tertiary/aromatic N) is 3. The van der Waals surface area contributed by atoms with Gasteiger partial charge in [0.1, 0.15) is 5.82 Å². The molecule has 2 heterocycles. The molecule has 1 aromatic rings. The Balaban J connectivity index is 1.90. The summed E-state index contributed by atoms with van der Waals surface area (Å²) in [6.45, 7) is 10.1. The fraction of sp³-hybridized carbons (Fsp3) is 0.714. The molecule has 0 bridgehead atoms. The number of rotatable bonds is 4. The molecule has 0 unspecified atom stereocenters. The van der Waals surface area contributed by atoms with Gasteiger partial charge in [-0.2, -0.15) is 5.10 Å². The van der Waals surface area contributed by atoms with Crippen LogP contribution >= 0.6 is 0 Å². The molecular formula is C14H24N4O2. The highest BCUT2D eigenvalue weighted by Gasteiger charge is 2.24. The van der Waals surface area contributed by atoms with E-state index in [2.05, 4.69) is 15.3 Å². The predicted octanol–water partition coefficient (Wildman–Crippen LogP) is 1.51. The number of hydrogen-bond donors (Lipinski definition) is 1. The summed E-state index contributed by atoms with van der Waals surface area (Å²) in [4.78, 5) is 14.3. The third-order valence-electron chi connectivity index (χ3n) is 3.29. The first-order valence-corrected chi connectivity index (χ1v) is 7.17. The van der Waals surface area contributed by atoms with Crippen molar-refractivity contribution in [3.05, 3.63) is 12.3 Å². The van der Waals surface area contributed by atoms with Crippen molar-refractivity contribution >= 4 is 11.7 Å². The summed E-state index contributed by atoms with van der Waals surface area (Å²) in [7, 11) is 0. The Morgan fingerprint density at radius 2 is 2.10 bits per heavy atom. The van der Waals surface area contributed by atoms with E-state index in [4.69, 9.17) is 4.74 Å². The molecule has 112 valence electrons. The molecule has 6 nitrogen and oxygen atoms in total. The van der Waals surface area contributed by atoms with E-state index in [9.17, 15) is 4.79 Å². The minimum atomic E-state index is -0.00583. The van der Waals surface area contributed by atoms with Crippen LogP contribution in [0.1, 0.15) is 33.7 Å². The minimum absolute atomic E-state index is 0.00583. The van der Waals surface area contributed by atoms with E-state index in [1.54, 1.807) is 6.20 Å². The summed E-state index contributed by atoms with van der Waals surface area (Å²) >= 11 is 0. The molecule has 0 aliphatic carbocycles. The minimum Gasteiger partial charge on any atom is -0.373 e. The molecule has 0 aromatic carbocycles.